The van der Waals surface area contributed by atoms with Crippen molar-refractivity contribution in [3.63, 3.8) is 0 Å². The Morgan fingerprint density at radius 3 is 2.52 bits per heavy atom. The molecule has 0 spiro atoms. The van der Waals surface area contributed by atoms with Gasteiger partial charge in [-0.2, -0.15) is 4.31 Å². The summed E-state index contributed by atoms with van der Waals surface area (Å²) in [7, 11) is -1.53. The minimum atomic E-state index is -3.21. The molecule has 0 radical (unpaired) electrons. The quantitative estimate of drug-likeness (QED) is 0.741. The molecule has 0 aliphatic carbocycles. The predicted octanol–water partition coefficient (Wildman–Crippen LogP) is 2.30. The summed E-state index contributed by atoms with van der Waals surface area (Å²) in [5.41, 5.74) is 0.409. The zero-order valence-electron chi connectivity index (χ0n) is 18.9. The first-order valence-corrected chi connectivity index (χ1v) is 13.5. The minimum Gasteiger partial charge on any atom is -0.497 e. The molecule has 3 aliphatic rings. The normalized spacial score (nSPS) is 28.0. The van der Waals surface area contributed by atoms with Crippen molar-refractivity contribution in [2.24, 2.45) is 0 Å². The lowest BCUT2D eigenvalue weighted by Gasteiger charge is -2.48. The Morgan fingerprint density at radius 2 is 1.81 bits per heavy atom. The second kappa shape index (κ2) is 9.25. The summed E-state index contributed by atoms with van der Waals surface area (Å²) in [4.78, 5) is 4.71. The molecule has 0 amide bonds. The molecule has 3 heterocycles. The maximum Gasteiger partial charge on any atom is 0.211 e. The third-order valence-electron chi connectivity index (χ3n) is 7.39. The molecule has 8 heteroatoms. The van der Waals surface area contributed by atoms with Crippen LogP contribution in [0.5, 0.6) is 5.75 Å². The number of aliphatic hydroxyl groups is 1. The Bertz CT molecular complexity index is 854. The van der Waals surface area contributed by atoms with Gasteiger partial charge < -0.3 is 14.7 Å². The Labute approximate surface area is 187 Å². The molecule has 0 saturated carbocycles. The standard InChI is InChI=1S/C23H37N3O4S/c1-30-20-8-5-7-19(17-20)24-15-11-23(27,12-16-24)18-25-13-6-10-22-21(25)9-3-4-14-26(22)31(2,28)29/h5,7-8,17,21-22,27H,3-4,6,9-16,18H2,1-2H3/t21-,22-/m1/s1. The van der Waals surface area contributed by atoms with Crippen LogP contribution in [0, 0.1) is 0 Å². The fourth-order valence-corrected chi connectivity index (χ4v) is 6.93. The summed E-state index contributed by atoms with van der Waals surface area (Å²) in [5, 5.41) is 11.5. The second-order valence-electron chi connectivity index (χ2n) is 9.53. The summed E-state index contributed by atoms with van der Waals surface area (Å²) in [6, 6.07) is 8.35. The van der Waals surface area contributed by atoms with Gasteiger partial charge in [0.2, 0.25) is 10.0 Å². The van der Waals surface area contributed by atoms with Crippen molar-refractivity contribution < 1.29 is 18.3 Å². The van der Waals surface area contributed by atoms with E-state index in [1.54, 1.807) is 11.4 Å². The van der Waals surface area contributed by atoms with Crippen molar-refractivity contribution in [3.05, 3.63) is 24.3 Å². The lowest BCUT2D eigenvalue weighted by atomic mass is 9.87. The van der Waals surface area contributed by atoms with E-state index in [2.05, 4.69) is 15.9 Å². The molecule has 3 fully saturated rings. The number of methoxy groups -OCH3 is 1. The average molecular weight is 452 g/mol. The highest BCUT2D eigenvalue weighted by atomic mass is 32.2. The van der Waals surface area contributed by atoms with Crippen molar-refractivity contribution in [2.45, 2.75) is 62.6 Å². The number of nitrogens with zero attached hydrogens (tertiary/aromatic N) is 3. The molecular weight excluding hydrogens is 414 g/mol. The molecule has 1 aromatic carbocycles. The van der Waals surface area contributed by atoms with Crippen LogP contribution in [0.3, 0.4) is 0 Å². The Morgan fingerprint density at radius 1 is 1.06 bits per heavy atom. The van der Waals surface area contributed by atoms with Crippen molar-refractivity contribution in [3.8, 4) is 5.75 Å². The number of sulfonamides is 1. The molecule has 0 aromatic heterocycles. The topological polar surface area (TPSA) is 73.3 Å². The van der Waals surface area contributed by atoms with Gasteiger partial charge in [-0.25, -0.2) is 8.42 Å². The van der Waals surface area contributed by atoms with Gasteiger partial charge in [-0.05, 0) is 57.2 Å². The molecule has 3 aliphatic heterocycles. The highest BCUT2D eigenvalue weighted by Crippen LogP contribution is 2.34. The van der Waals surface area contributed by atoms with Crippen molar-refractivity contribution >= 4 is 15.7 Å². The molecular formula is C23H37N3O4S. The van der Waals surface area contributed by atoms with Gasteiger partial charge in [0, 0.05) is 50.0 Å². The van der Waals surface area contributed by atoms with Crippen LogP contribution in [0.1, 0.15) is 44.9 Å². The number of β-amino-alcohol motifs (C(OH)–C–C–N with tert-alkyl or cyclic N) is 1. The van der Waals surface area contributed by atoms with Crippen LogP contribution in [0.25, 0.3) is 0 Å². The van der Waals surface area contributed by atoms with Crippen molar-refractivity contribution in [1.82, 2.24) is 9.21 Å². The monoisotopic (exact) mass is 451 g/mol. The van der Waals surface area contributed by atoms with Crippen LogP contribution in [0.4, 0.5) is 5.69 Å². The van der Waals surface area contributed by atoms with Crippen molar-refractivity contribution in [2.75, 3.05) is 51.0 Å². The van der Waals surface area contributed by atoms with Gasteiger partial charge in [0.15, 0.2) is 0 Å². The number of hydrogen-bond donors (Lipinski definition) is 1. The van der Waals surface area contributed by atoms with E-state index >= 15 is 0 Å². The maximum atomic E-state index is 12.4. The number of hydrogen-bond acceptors (Lipinski definition) is 6. The second-order valence-corrected chi connectivity index (χ2v) is 11.5. The van der Waals surface area contributed by atoms with Gasteiger partial charge in [0.05, 0.1) is 19.0 Å². The summed E-state index contributed by atoms with van der Waals surface area (Å²) >= 11 is 0. The minimum absolute atomic E-state index is 0.0479. The molecule has 0 unspecified atom stereocenters. The summed E-state index contributed by atoms with van der Waals surface area (Å²) in [5.74, 6) is 0.849. The third kappa shape index (κ3) is 5.18. The number of likely N-dealkylation sites (tertiary alicyclic amines) is 1. The van der Waals surface area contributed by atoms with E-state index in [1.807, 2.05) is 18.2 Å². The van der Waals surface area contributed by atoms with Gasteiger partial charge in [0.1, 0.15) is 5.75 Å². The summed E-state index contributed by atoms with van der Waals surface area (Å²) in [6.07, 6.45) is 7.68. The van der Waals surface area contributed by atoms with Crippen LogP contribution < -0.4 is 9.64 Å². The molecule has 174 valence electrons. The largest absolute Gasteiger partial charge is 0.497 e. The molecule has 4 rings (SSSR count). The van der Waals surface area contributed by atoms with E-state index in [0.29, 0.717) is 25.9 Å². The van der Waals surface area contributed by atoms with E-state index in [9.17, 15) is 13.5 Å². The van der Waals surface area contributed by atoms with Gasteiger partial charge in [0.25, 0.3) is 0 Å². The molecule has 1 aromatic rings. The van der Waals surface area contributed by atoms with Crippen LogP contribution >= 0.6 is 0 Å². The zero-order valence-corrected chi connectivity index (χ0v) is 19.7. The molecule has 3 saturated heterocycles. The molecule has 2 atom stereocenters. The fourth-order valence-electron chi connectivity index (χ4n) is 5.74. The third-order valence-corrected chi connectivity index (χ3v) is 8.70. The summed E-state index contributed by atoms with van der Waals surface area (Å²) < 4.78 is 31.9. The number of ether oxygens (including phenoxy) is 1. The number of benzene rings is 1. The Hall–Kier alpha value is -1.35. The van der Waals surface area contributed by atoms with Crippen LogP contribution in [0.2, 0.25) is 0 Å². The average Bonchev–Trinajstić information content (AvgIpc) is 2.97. The highest BCUT2D eigenvalue weighted by molar-refractivity contribution is 7.88. The first-order valence-electron chi connectivity index (χ1n) is 11.6. The Balaban J connectivity index is 1.42. The summed E-state index contributed by atoms with van der Waals surface area (Å²) in [6.45, 7) is 3.83. The molecule has 0 bridgehead atoms. The van der Waals surface area contributed by atoms with E-state index in [-0.39, 0.29) is 12.1 Å². The van der Waals surface area contributed by atoms with Crippen LogP contribution in [-0.4, -0.2) is 86.5 Å². The zero-order chi connectivity index (χ0) is 22.1. The van der Waals surface area contributed by atoms with E-state index < -0.39 is 15.6 Å². The first kappa shape index (κ1) is 22.8. The number of piperidine rings is 2. The highest BCUT2D eigenvalue weighted by Gasteiger charge is 2.43. The fraction of sp³-hybridized carbons (Fsp3) is 0.739. The predicted molar refractivity (Wildman–Crippen MR) is 123 cm³/mol. The lowest BCUT2D eigenvalue weighted by Crippen LogP contribution is -2.60. The van der Waals surface area contributed by atoms with Gasteiger partial charge in [-0.15, -0.1) is 0 Å². The molecule has 31 heavy (non-hydrogen) atoms. The molecule has 1 N–H and O–H groups in total. The molecule has 7 nitrogen and oxygen atoms in total. The van der Waals surface area contributed by atoms with Crippen molar-refractivity contribution in [1.29, 1.82) is 0 Å². The van der Waals surface area contributed by atoms with Crippen LogP contribution in [-0.2, 0) is 10.0 Å². The van der Waals surface area contributed by atoms with Gasteiger partial charge >= 0.3 is 0 Å². The first-order chi connectivity index (χ1) is 14.8. The van der Waals surface area contributed by atoms with E-state index in [4.69, 9.17) is 4.74 Å². The van der Waals surface area contributed by atoms with Gasteiger partial charge in [-0.3, -0.25) is 4.90 Å². The number of rotatable bonds is 5. The lowest BCUT2D eigenvalue weighted by molar-refractivity contribution is -0.0436. The van der Waals surface area contributed by atoms with E-state index in [1.165, 1.54) is 6.26 Å². The maximum absolute atomic E-state index is 12.4. The Kier molecular flexibility index (Phi) is 6.82. The SMILES string of the molecule is COc1cccc(N2CCC(O)(CN3CCC[C@@H]4[C@H]3CCCCN4S(C)(=O)=O)CC2)c1. The number of fused-ring (bicyclic) bond motifs is 1. The van der Waals surface area contributed by atoms with Gasteiger partial charge in [-0.1, -0.05) is 12.5 Å². The van der Waals surface area contributed by atoms with E-state index in [0.717, 1.165) is 63.2 Å². The smallest absolute Gasteiger partial charge is 0.211 e. The van der Waals surface area contributed by atoms with Crippen LogP contribution in [0.15, 0.2) is 24.3 Å². The number of anilines is 1.